The van der Waals surface area contributed by atoms with Crippen molar-refractivity contribution in [2.45, 2.75) is 18.2 Å². The highest BCUT2D eigenvalue weighted by molar-refractivity contribution is 6.34. The van der Waals surface area contributed by atoms with Gasteiger partial charge in [-0.15, -0.1) is 0 Å². The van der Waals surface area contributed by atoms with Gasteiger partial charge in [0, 0.05) is 27.6 Å². The Morgan fingerprint density at radius 2 is 1.69 bits per heavy atom. The zero-order valence-corrected chi connectivity index (χ0v) is 14.5. The number of carbonyl (C=O) groups is 1. The first-order chi connectivity index (χ1) is 12.1. The van der Waals surface area contributed by atoms with Gasteiger partial charge in [0.2, 0.25) is 5.91 Å². The van der Waals surface area contributed by atoms with Crippen LogP contribution in [0.15, 0.2) is 47.6 Å². The summed E-state index contributed by atoms with van der Waals surface area (Å²) in [6.45, 7) is 0. The van der Waals surface area contributed by atoms with E-state index in [0.29, 0.717) is 5.56 Å². The average Bonchev–Trinajstić information content (AvgIpc) is 3.00. The number of oxime groups is 1. The van der Waals surface area contributed by atoms with Gasteiger partial charge in [0.05, 0.1) is 5.71 Å². The molecule has 1 aliphatic heterocycles. The number of alkyl halides is 3. The summed E-state index contributed by atoms with van der Waals surface area (Å²) in [6.07, 6.45) is -5.33. The molecule has 1 amide bonds. The number of primary amides is 1. The van der Waals surface area contributed by atoms with E-state index in [9.17, 15) is 18.0 Å². The van der Waals surface area contributed by atoms with Gasteiger partial charge < -0.3 is 10.6 Å². The maximum atomic E-state index is 13.9. The number of hydrogen-bond acceptors (Lipinski definition) is 3. The van der Waals surface area contributed by atoms with Gasteiger partial charge in [0.1, 0.15) is 0 Å². The highest BCUT2D eigenvalue weighted by Gasteiger charge is 2.62. The molecular weight excluding hydrogens is 392 g/mol. The lowest BCUT2D eigenvalue weighted by atomic mass is 9.86. The van der Waals surface area contributed by atoms with Crippen molar-refractivity contribution in [1.29, 1.82) is 0 Å². The Balaban J connectivity index is 1.99. The molecule has 0 aromatic heterocycles. The molecule has 1 atom stereocenters. The Hall–Kier alpha value is -2.25. The minimum absolute atomic E-state index is 0.0546. The number of hydrogen-bond donors (Lipinski definition) is 1. The fourth-order valence-corrected chi connectivity index (χ4v) is 3.20. The molecule has 4 nitrogen and oxygen atoms in total. The summed E-state index contributed by atoms with van der Waals surface area (Å²) in [7, 11) is 0. The average molecular weight is 403 g/mol. The summed E-state index contributed by atoms with van der Waals surface area (Å²) in [6, 6.07) is 9.36. The zero-order valence-electron chi connectivity index (χ0n) is 13.0. The molecule has 9 heteroatoms. The van der Waals surface area contributed by atoms with Crippen molar-refractivity contribution in [3.8, 4) is 0 Å². The standard InChI is InChI=1S/C17H11Cl2F3N2O2/c18-12-5-11(6-13(19)7-12)16(17(20,21)22)8-14(24-26-16)9-1-3-10(4-2-9)15(23)25/h1-7H,8H2,(H2,23,25)/t16-/m0/s1. The molecule has 1 aliphatic rings. The van der Waals surface area contributed by atoms with Crippen molar-refractivity contribution in [2.75, 3.05) is 0 Å². The molecule has 3 rings (SSSR count). The van der Waals surface area contributed by atoms with E-state index in [1.54, 1.807) is 0 Å². The Bertz CT molecular complexity index is 878. The minimum Gasteiger partial charge on any atom is -0.374 e. The monoisotopic (exact) mass is 402 g/mol. The molecule has 0 bridgehead atoms. The molecule has 1 heterocycles. The van der Waals surface area contributed by atoms with E-state index in [2.05, 4.69) is 5.16 Å². The summed E-state index contributed by atoms with van der Waals surface area (Å²) in [4.78, 5) is 16.0. The number of halogens is 5. The molecule has 2 aromatic rings. The van der Waals surface area contributed by atoms with Crippen molar-refractivity contribution < 1.29 is 22.8 Å². The second kappa shape index (κ2) is 6.48. The van der Waals surface area contributed by atoms with Crippen LogP contribution < -0.4 is 5.73 Å². The Kier molecular flexibility index (Phi) is 4.62. The van der Waals surface area contributed by atoms with Gasteiger partial charge in [0.15, 0.2) is 0 Å². The third-order valence-electron chi connectivity index (χ3n) is 4.02. The summed E-state index contributed by atoms with van der Waals surface area (Å²) < 4.78 is 41.6. The number of rotatable bonds is 3. The lowest BCUT2D eigenvalue weighted by Crippen LogP contribution is -2.42. The van der Waals surface area contributed by atoms with Crippen LogP contribution >= 0.6 is 23.2 Å². The second-order valence-electron chi connectivity index (χ2n) is 5.73. The summed E-state index contributed by atoms with van der Waals surface area (Å²) >= 11 is 11.7. The number of benzene rings is 2. The van der Waals surface area contributed by atoms with Crippen molar-refractivity contribution in [2.24, 2.45) is 10.9 Å². The summed E-state index contributed by atoms with van der Waals surface area (Å²) in [5, 5.41) is 3.74. The van der Waals surface area contributed by atoms with Crippen LogP contribution in [0.5, 0.6) is 0 Å². The van der Waals surface area contributed by atoms with Gasteiger partial charge in [-0.3, -0.25) is 4.79 Å². The summed E-state index contributed by atoms with van der Waals surface area (Å²) in [5.74, 6) is -0.639. The third-order valence-corrected chi connectivity index (χ3v) is 4.45. The fraction of sp³-hybridized carbons (Fsp3) is 0.176. The number of nitrogens with two attached hydrogens (primary N) is 1. The van der Waals surface area contributed by atoms with E-state index in [0.717, 1.165) is 12.1 Å². The van der Waals surface area contributed by atoms with Crippen LogP contribution in [0.25, 0.3) is 0 Å². The maximum Gasteiger partial charge on any atom is 0.435 e. The highest BCUT2D eigenvalue weighted by Crippen LogP contribution is 2.49. The SMILES string of the molecule is NC(=O)c1ccc(C2=NO[C@@](c3cc(Cl)cc(Cl)c3)(C(F)(F)F)C2)cc1. The van der Waals surface area contributed by atoms with E-state index in [4.69, 9.17) is 33.8 Å². The third kappa shape index (κ3) is 3.24. The second-order valence-corrected chi connectivity index (χ2v) is 6.60. The van der Waals surface area contributed by atoms with Gasteiger partial charge >= 0.3 is 6.18 Å². The van der Waals surface area contributed by atoms with E-state index < -0.39 is 24.1 Å². The van der Waals surface area contributed by atoms with Crippen LogP contribution in [0.1, 0.15) is 27.9 Å². The van der Waals surface area contributed by atoms with Gasteiger partial charge in [-0.25, -0.2) is 0 Å². The molecule has 136 valence electrons. The molecule has 2 N–H and O–H groups in total. The van der Waals surface area contributed by atoms with Crippen molar-refractivity contribution >= 4 is 34.8 Å². The number of carbonyl (C=O) groups excluding carboxylic acids is 1. The lowest BCUT2D eigenvalue weighted by molar-refractivity contribution is -0.275. The predicted molar refractivity (Wildman–Crippen MR) is 91.4 cm³/mol. The first kappa shape index (κ1) is 18.5. The van der Waals surface area contributed by atoms with Crippen LogP contribution in [0, 0.1) is 0 Å². The van der Waals surface area contributed by atoms with Crippen LogP contribution in [0.2, 0.25) is 10.0 Å². The molecule has 26 heavy (non-hydrogen) atoms. The van der Waals surface area contributed by atoms with Gasteiger partial charge in [-0.1, -0.05) is 40.5 Å². The largest absolute Gasteiger partial charge is 0.435 e. The van der Waals surface area contributed by atoms with Crippen molar-refractivity contribution in [3.63, 3.8) is 0 Å². The van der Waals surface area contributed by atoms with Crippen molar-refractivity contribution in [1.82, 2.24) is 0 Å². The van der Waals surface area contributed by atoms with Crippen LogP contribution in [-0.2, 0) is 10.4 Å². The Labute approximate surface area is 156 Å². The van der Waals surface area contributed by atoms with E-state index in [-0.39, 0.29) is 26.9 Å². The molecular formula is C17H11Cl2F3N2O2. The number of nitrogens with zero attached hydrogens (tertiary/aromatic N) is 1. The van der Waals surface area contributed by atoms with Gasteiger partial charge in [-0.2, -0.15) is 13.2 Å². The van der Waals surface area contributed by atoms with Gasteiger partial charge in [-0.05, 0) is 35.9 Å². The first-order valence-corrected chi connectivity index (χ1v) is 8.06. The quantitative estimate of drug-likeness (QED) is 0.809. The topological polar surface area (TPSA) is 64.7 Å². The van der Waals surface area contributed by atoms with Crippen LogP contribution in [-0.4, -0.2) is 17.8 Å². The van der Waals surface area contributed by atoms with Crippen molar-refractivity contribution in [3.05, 3.63) is 69.2 Å². The van der Waals surface area contributed by atoms with E-state index in [1.807, 2.05) is 0 Å². The zero-order chi connectivity index (χ0) is 19.1. The Morgan fingerprint density at radius 1 is 1.12 bits per heavy atom. The predicted octanol–water partition coefficient (Wildman–Crippen LogP) is 4.67. The molecule has 0 spiro atoms. The van der Waals surface area contributed by atoms with E-state index >= 15 is 0 Å². The van der Waals surface area contributed by atoms with Crippen LogP contribution in [0.3, 0.4) is 0 Å². The molecule has 0 fully saturated rings. The molecule has 2 aromatic carbocycles. The summed E-state index contributed by atoms with van der Waals surface area (Å²) in [5.41, 5.74) is 2.91. The molecule has 0 saturated carbocycles. The highest BCUT2D eigenvalue weighted by atomic mass is 35.5. The normalized spacial score (nSPS) is 19.8. The van der Waals surface area contributed by atoms with Gasteiger partial charge in [0.25, 0.3) is 5.60 Å². The number of amides is 1. The minimum atomic E-state index is -4.76. The molecule has 0 unspecified atom stereocenters. The lowest BCUT2D eigenvalue weighted by Gasteiger charge is -2.29. The smallest absolute Gasteiger partial charge is 0.374 e. The first-order valence-electron chi connectivity index (χ1n) is 7.31. The molecule has 0 saturated heterocycles. The van der Waals surface area contributed by atoms with Crippen LogP contribution in [0.4, 0.5) is 13.2 Å². The van der Waals surface area contributed by atoms with E-state index in [1.165, 1.54) is 30.3 Å². The Morgan fingerprint density at radius 3 is 2.19 bits per heavy atom. The molecule has 0 radical (unpaired) electrons. The fourth-order valence-electron chi connectivity index (χ4n) is 2.67. The molecule has 0 aliphatic carbocycles. The maximum absolute atomic E-state index is 13.9.